The van der Waals surface area contributed by atoms with E-state index in [0.717, 1.165) is 26.1 Å². The first-order valence-electron chi connectivity index (χ1n) is 11.3. The zero-order valence-electron chi connectivity index (χ0n) is 18.1. The van der Waals surface area contributed by atoms with Gasteiger partial charge < -0.3 is 15.1 Å². The molecule has 3 aliphatic heterocycles. The Morgan fingerprint density at radius 1 is 1.19 bits per heavy atom. The largest absolute Gasteiger partial charge is 0.340 e. The summed E-state index contributed by atoms with van der Waals surface area (Å²) in [5.41, 5.74) is -0.441. The van der Waals surface area contributed by atoms with E-state index in [0.29, 0.717) is 44.3 Å². The van der Waals surface area contributed by atoms with Crippen LogP contribution in [0.15, 0.2) is 24.3 Å². The van der Waals surface area contributed by atoms with Crippen LogP contribution in [-0.2, 0) is 16.0 Å². The molecule has 8 heteroatoms. The summed E-state index contributed by atoms with van der Waals surface area (Å²) >= 11 is 0. The van der Waals surface area contributed by atoms with Crippen LogP contribution < -0.4 is 5.32 Å². The first-order valence-corrected chi connectivity index (χ1v) is 11.3. The van der Waals surface area contributed by atoms with Gasteiger partial charge in [0.05, 0.1) is 12.5 Å². The van der Waals surface area contributed by atoms with Gasteiger partial charge in [-0.1, -0.05) is 25.1 Å². The zero-order valence-corrected chi connectivity index (χ0v) is 18.1. The van der Waals surface area contributed by atoms with E-state index >= 15 is 0 Å². The van der Waals surface area contributed by atoms with E-state index in [2.05, 4.69) is 17.1 Å². The van der Waals surface area contributed by atoms with Crippen LogP contribution in [0.25, 0.3) is 0 Å². The molecule has 1 aromatic carbocycles. The Balaban J connectivity index is 1.41. The van der Waals surface area contributed by atoms with Crippen molar-refractivity contribution in [3.8, 4) is 0 Å². The molecule has 168 valence electrons. The van der Waals surface area contributed by atoms with Crippen LogP contribution in [0.4, 0.5) is 9.18 Å². The zero-order chi connectivity index (χ0) is 22.0. The summed E-state index contributed by atoms with van der Waals surface area (Å²) in [5, 5.41) is 2.98. The molecular weight excluding hydrogens is 399 g/mol. The Kier molecular flexibility index (Phi) is 6.27. The molecule has 0 aromatic heterocycles. The van der Waals surface area contributed by atoms with E-state index < -0.39 is 11.4 Å². The lowest BCUT2D eigenvalue weighted by molar-refractivity contribution is -0.139. The summed E-state index contributed by atoms with van der Waals surface area (Å²) < 4.78 is 13.9. The van der Waals surface area contributed by atoms with Gasteiger partial charge in [0.2, 0.25) is 5.91 Å². The third-order valence-corrected chi connectivity index (χ3v) is 6.86. The number of nitrogens with zero attached hydrogens (tertiary/aromatic N) is 3. The van der Waals surface area contributed by atoms with Crippen molar-refractivity contribution < 1.29 is 18.8 Å². The Labute approximate surface area is 182 Å². The minimum Gasteiger partial charge on any atom is -0.340 e. The van der Waals surface area contributed by atoms with Gasteiger partial charge in [-0.05, 0) is 50.3 Å². The number of nitrogens with one attached hydrogen (secondary N) is 1. The third-order valence-electron chi connectivity index (χ3n) is 6.86. The van der Waals surface area contributed by atoms with Crippen molar-refractivity contribution in [3.63, 3.8) is 0 Å². The number of carbonyl (C=O) groups excluding carboxylic acids is 3. The van der Waals surface area contributed by atoms with E-state index in [1.54, 1.807) is 23.1 Å². The van der Waals surface area contributed by atoms with Crippen molar-refractivity contribution in [2.24, 2.45) is 0 Å². The van der Waals surface area contributed by atoms with E-state index in [1.165, 1.54) is 11.0 Å². The fraction of sp³-hybridized carbons (Fsp3) is 0.609. The number of hydrogen-bond acceptors (Lipinski definition) is 4. The first kappa shape index (κ1) is 21.7. The van der Waals surface area contributed by atoms with Crippen molar-refractivity contribution in [1.29, 1.82) is 0 Å². The molecule has 4 amide bonds. The molecule has 3 aliphatic rings. The predicted octanol–water partition coefficient (Wildman–Crippen LogP) is 2.16. The van der Waals surface area contributed by atoms with Gasteiger partial charge in [0.15, 0.2) is 0 Å². The van der Waals surface area contributed by atoms with Crippen LogP contribution in [0, 0.1) is 5.82 Å². The number of urea groups is 1. The van der Waals surface area contributed by atoms with Crippen LogP contribution in [0.1, 0.15) is 44.6 Å². The van der Waals surface area contributed by atoms with E-state index in [9.17, 15) is 18.8 Å². The normalized spacial score (nSPS) is 24.0. The van der Waals surface area contributed by atoms with E-state index in [-0.39, 0.29) is 30.3 Å². The molecule has 0 radical (unpaired) electrons. The van der Waals surface area contributed by atoms with Crippen LogP contribution in [0.5, 0.6) is 0 Å². The van der Waals surface area contributed by atoms with Gasteiger partial charge in [0.25, 0.3) is 5.91 Å². The number of carbonyl (C=O) groups is 3. The number of piperidine rings is 2. The van der Waals surface area contributed by atoms with Gasteiger partial charge in [0, 0.05) is 26.2 Å². The maximum absolute atomic E-state index is 13.9. The van der Waals surface area contributed by atoms with Gasteiger partial charge in [0.1, 0.15) is 11.4 Å². The lowest BCUT2D eigenvalue weighted by Gasteiger charge is -2.39. The SMILES string of the molecule is CCCN1CCC2(CC1)NC(=O)N([C@@H]1CCCN(C(=O)Cc3ccccc3F)C1)C2=O. The fourth-order valence-electron chi connectivity index (χ4n) is 5.09. The van der Waals surface area contributed by atoms with Crippen molar-refractivity contribution in [2.45, 2.75) is 57.0 Å². The number of imide groups is 1. The number of halogens is 1. The van der Waals surface area contributed by atoms with Gasteiger partial charge in [-0.15, -0.1) is 0 Å². The highest BCUT2D eigenvalue weighted by Gasteiger charge is 2.54. The Bertz CT molecular complexity index is 853. The van der Waals surface area contributed by atoms with Crippen LogP contribution in [-0.4, -0.2) is 76.8 Å². The van der Waals surface area contributed by atoms with Gasteiger partial charge in [-0.2, -0.15) is 0 Å². The van der Waals surface area contributed by atoms with Gasteiger partial charge in [-0.3, -0.25) is 14.5 Å². The molecule has 1 spiro atoms. The summed E-state index contributed by atoms with van der Waals surface area (Å²) in [6.07, 6.45) is 3.69. The minimum absolute atomic E-state index is 0.0171. The molecular formula is C23H31FN4O3. The average Bonchev–Trinajstić information content (AvgIpc) is 3.01. The number of hydrogen-bond donors (Lipinski definition) is 1. The summed E-state index contributed by atoms with van der Waals surface area (Å²) in [7, 11) is 0. The lowest BCUT2D eigenvalue weighted by Crippen LogP contribution is -2.56. The van der Waals surface area contributed by atoms with Crippen LogP contribution in [0.3, 0.4) is 0 Å². The Morgan fingerprint density at radius 2 is 1.94 bits per heavy atom. The summed E-state index contributed by atoms with van der Waals surface area (Å²) in [4.78, 5) is 44.3. The van der Waals surface area contributed by atoms with Crippen molar-refractivity contribution in [3.05, 3.63) is 35.6 Å². The molecule has 1 N–H and O–H groups in total. The number of likely N-dealkylation sites (tertiary alicyclic amines) is 2. The Hall–Kier alpha value is -2.48. The van der Waals surface area contributed by atoms with Crippen molar-refractivity contribution in [1.82, 2.24) is 20.0 Å². The molecule has 3 fully saturated rings. The lowest BCUT2D eigenvalue weighted by atomic mass is 9.87. The van der Waals surface area contributed by atoms with E-state index in [4.69, 9.17) is 0 Å². The highest BCUT2D eigenvalue weighted by Crippen LogP contribution is 2.32. The van der Waals surface area contributed by atoms with Gasteiger partial charge >= 0.3 is 6.03 Å². The van der Waals surface area contributed by atoms with Crippen molar-refractivity contribution in [2.75, 3.05) is 32.7 Å². The molecule has 0 saturated carbocycles. The smallest absolute Gasteiger partial charge is 0.325 e. The molecule has 3 heterocycles. The highest BCUT2D eigenvalue weighted by atomic mass is 19.1. The number of rotatable bonds is 5. The second-order valence-electron chi connectivity index (χ2n) is 8.93. The van der Waals surface area contributed by atoms with Gasteiger partial charge in [-0.25, -0.2) is 9.18 Å². The maximum atomic E-state index is 13.9. The molecule has 3 saturated heterocycles. The highest BCUT2D eigenvalue weighted by molar-refractivity contribution is 6.07. The number of amides is 4. The second-order valence-corrected chi connectivity index (χ2v) is 8.93. The molecule has 4 rings (SSSR count). The van der Waals surface area contributed by atoms with E-state index in [1.807, 2.05) is 0 Å². The third kappa shape index (κ3) is 4.31. The quantitative estimate of drug-likeness (QED) is 0.727. The van der Waals surface area contributed by atoms with Crippen LogP contribution >= 0.6 is 0 Å². The standard InChI is InChI=1S/C23H31FN4O3/c1-2-11-26-13-9-23(10-14-26)21(30)28(22(31)25-23)18-7-5-12-27(16-18)20(29)15-17-6-3-4-8-19(17)24/h3-4,6,8,18H,2,5,7,9-16H2,1H3,(H,25,31)/t18-/m1/s1. The molecule has 7 nitrogen and oxygen atoms in total. The maximum Gasteiger partial charge on any atom is 0.325 e. The molecule has 31 heavy (non-hydrogen) atoms. The molecule has 1 atom stereocenters. The average molecular weight is 431 g/mol. The van der Waals surface area contributed by atoms with Crippen LogP contribution in [0.2, 0.25) is 0 Å². The first-order chi connectivity index (χ1) is 14.9. The fourth-order valence-corrected chi connectivity index (χ4v) is 5.09. The minimum atomic E-state index is -0.805. The summed E-state index contributed by atoms with van der Waals surface area (Å²) in [6.45, 7) is 5.60. The molecule has 1 aromatic rings. The molecule has 0 unspecified atom stereocenters. The summed E-state index contributed by atoms with van der Waals surface area (Å²) in [5.74, 6) is -0.721. The molecule has 0 aliphatic carbocycles. The monoisotopic (exact) mass is 430 g/mol. The summed E-state index contributed by atoms with van der Waals surface area (Å²) in [6, 6.07) is 5.59. The van der Waals surface area contributed by atoms with Crippen molar-refractivity contribution >= 4 is 17.8 Å². The Morgan fingerprint density at radius 3 is 2.65 bits per heavy atom. The topological polar surface area (TPSA) is 73.0 Å². The second kappa shape index (κ2) is 8.94. The number of benzene rings is 1. The predicted molar refractivity (Wildman–Crippen MR) is 114 cm³/mol. The molecule has 0 bridgehead atoms.